The van der Waals surface area contributed by atoms with Crippen molar-refractivity contribution >= 4 is 17.6 Å². The van der Waals surface area contributed by atoms with Crippen LogP contribution in [-0.2, 0) is 27.3 Å². The average molecular weight is 365 g/mol. The number of methoxy groups -OCH3 is 1. The number of carbonyl (C=O) groups is 2. The number of amides is 1. The highest BCUT2D eigenvalue weighted by molar-refractivity contribution is 6.04. The number of anilines is 1. The molecule has 4 rings (SSSR count). The van der Waals surface area contributed by atoms with Gasteiger partial charge in [0.15, 0.2) is 6.04 Å². The van der Waals surface area contributed by atoms with E-state index in [-0.39, 0.29) is 12.5 Å². The molecule has 2 heterocycles. The van der Waals surface area contributed by atoms with Gasteiger partial charge in [0, 0.05) is 18.7 Å². The predicted molar refractivity (Wildman–Crippen MR) is 100 cm³/mol. The number of hydrogen-bond acceptors (Lipinski definition) is 6. The molecule has 1 atom stereocenters. The quantitative estimate of drug-likeness (QED) is 0.665. The molecule has 1 N–H and O–H groups in total. The first-order valence-electron chi connectivity index (χ1n) is 8.79. The lowest BCUT2D eigenvalue weighted by molar-refractivity contribution is -0.142. The number of nitroso groups, excluding NO2 is 1. The maximum atomic E-state index is 12.2. The minimum absolute atomic E-state index is 0.184. The molecule has 2 aromatic rings. The highest BCUT2D eigenvalue weighted by Gasteiger charge is 2.37. The zero-order chi connectivity index (χ0) is 19.0. The van der Waals surface area contributed by atoms with Crippen LogP contribution in [0, 0.1) is 4.91 Å². The van der Waals surface area contributed by atoms with Crippen LogP contribution < -0.4 is 5.32 Å². The van der Waals surface area contributed by atoms with Gasteiger partial charge in [-0.1, -0.05) is 35.5 Å². The molecular weight excluding hydrogens is 346 g/mol. The summed E-state index contributed by atoms with van der Waals surface area (Å²) in [7, 11) is 1.37. The van der Waals surface area contributed by atoms with E-state index in [9.17, 15) is 14.5 Å². The van der Waals surface area contributed by atoms with Gasteiger partial charge in [-0.25, -0.2) is 0 Å². The maximum absolute atomic E-state index is 12.2. The molecule has 1 unspecified atom stereocenters. The molecule has 27 heavy (non-hydrogen) atoms. The van der Waals surface area contributed by atoms with E-state index in [0.29, 0.717) is 24.3 Å². The first-order chi connectivity index (χ1) is 13.1. The van der Waals surface area contributed by atoms with Crippen molar-refractivity contribution in [2.45, 2.75) is 19.0 Å². The number of fused-ring (bicyclic) bond motifs is 3. The van der Waals surface area contributed by atoms with Crippen LogP contribution >= 0.6 is 0 Å². The van der Waals surface area contributed by atoms with Crippen LogP contribution in [0.1, 0.15) is 22.7 Å². The van der Waals surface area contributed by atoms with Gasteiger partial charge in [-0.15, -0.1) is 4.91 Å². The second kappa shape index (κ2) is 6.92. The number of nitrogens with zero attached hydrogens (tertiary/aromatic N) is 2. The van der Waals surface area contributed by atoms with Crippen molar-refractivity contribution < 1.29 is 14.3 Å². The molecule has 0 aromatic heterocycles. The molecule has 2 aliphatic heterocycles. The van der Waals surface area contributed by atoms with Crippen LogP contribution in [0.15, 0.2) is 41.6 Å². The number of rotatable bonds is 4. The van der Waals surface area contributed by atoms with Gasteiger partial charge in [0.1, 0.15) is 0 Å². The van der Waals surface area contributed by atoms with Crippen molar-refractivity contribution in [2.75, 3.05) is 25.5 Å². The largest absolute Gasteiger partial charge is 0.468 e. The normalized spacial score (nSPS) is 18.4. The summed E-state index contributed by atoms with van der Waals surface area (Å²) < 4.78 is 4.77. The lowest BCUT2D eigenvalue weighted by Gasteiger charge is -2.31. The van der Waals surface area contributed by atoms with Crippen LogP contribution in [0.2, 0.25) is 0 Å². The number of benzene rings is 2. The van der Waals surface area contributed by atoms with E-state index in [1.165, 1.54) is 7.11 Å². The number of ether oxygens (including phenoxy) is 1. The molecule has 0 saturated heterocycles. The third-order valence-corrected chi connectivity index (χ3v) is 5.20. The Morgan fingerprint density at radius 2 is 2.07 bits per heavy atom. The van der Waals surface area contributed by atoms with Crippen LogP contribution in [0.25, 0.3) is 11.1 Å². The van der Waals surface area contributed by atoms with Crippen LogP contribution in [0.3, 0.4) is 0 Å². The van der Waals surface area contributed by atoms with Gasteiger partial charge in [-0.3, -0.25) is 14.5 Å². The second-order valence-corrected chi connectivity index (χ2v) is 6.75. The summed E-state index contributed by atoms with van der Waals surface area (Å²) in [6, 6.07) is 10.8. The van der Waals surface area contributed by atoms with Crippen LogP contribution in [0.5, 0.6) is 0 Å². The van der Waals surface area contributed by atoms with Gasteiger partial charge in [-0.05, 0) is 34.7 Å². The van der Waals surface area contributed by atoms with E-state index in [1.807, 2.05) is 41.3 Å². The summed E-state index contributed by atoms with van der Waals surface area (Å²) in [6.45, 7) is 1.40. The first-order valence-corrected chi connectivity index (χ1v) is 8.79. The fourth-order valence-electron chi connectivity index (χ4n) is 3.89. The zero-order valence-corrected chi connectivity index (χ0v) is 14.9. The van der Waals surface area contributed by atoms with Gasteiger partial charge in [0.05, 0.1) is 19.3 Å². The molecule has 2 aromatic carbocycles. The Labute approximate surface area is 156 Å². The van der Waals surface area contributed by atoms with Gasteiger partial charge in [-0.2, -0.15) is 0 Å². The minimum atomic E-state index is -1.04. The van der Waals surface area contributed by atoms with Gasteiger partial charge in [0.2, 0.25) is 0 Å². The van der Waals surface area contributed by atoms with Crippen molar-refractivity contribution in [1.82, 2.24) is 4.90 Å². The van der Waals surface area contributed by atoms with Crippen molar-refractivity contribution in [3.8, 4) is 11.1 Å². The SMILES string of the molecule is COC(=O)CN1CCc2c(-c3ccccc3)cc3c(c2C1)NC(=O)C3N=O. The fourth-order valence-corrected chi connectivity index (χ4v) is 3.89. The molecule has 0 spiro atoms. The predicted octanol–water partition coefficient (Wildman–Crippen LogP) is 2.64. The summed E-state index contributed by atoms with van der Waals surface area (Å²) >= 11 is 0. The van der Waals surface area contributed by atoms with Crippen LogP contribution in [0.4, 0.5) is 5.69 Å². The molecule has 0 bridgehead atoms. The third kappa shape index (κ3) is 3.00. The van der Waals surface area contributed by atoms with Gasteiger partial charge < -0.3 is 10.1 Å². The van der Waals surface area contributed by atoms with E-state index in [0.717, 1.165) is 28.7 Å². The number of hydrogen-bond donors (Lipinski definition) is 1. The molecule has 0 saturated carbocycles. The highest BCUT2D eigenvalue weighted by Crippen LogP contribution is 2.44. The summed E-state index contributed by atoms with van der Waals surface area (Å²) in [6.07, 6.45) is 0.735. The second-order valence-electron chi connectivity index (χ2n) is 6.75. The Kier molecular flexibility index (Phi) is 4.45. The average Bonchev–Trinajstić information content (AvgIpc) is 3.03. The standard InChI is InChI=1S/C20H19N3O4/c1-27-17(24)11-23-8-7-13-14(12-5-3-2-4-6-12)9-15-18(16(13)10-23)21-20(25)19(15)22-26/h2-6,9,19H,7-8,10-11H2,1H3,(H,21,25). The Morgan fingerprint density at radius 1 is 1.30 bits per heavy atom. The smallest absolute Gasteiger partial charge is 0.319 e. The lowest BCUT2D eigenvalue weighted by Crippen LogP contribution is -2.36. The van der Waals surface area contributed by atoms with E-state index >= 15 is 0 Å². The van der Waals surface area contributed by atoms with Crippen molar-refractivity contribution in [2.24, 2.45) is 5.18 Å². The summed E-state index contributed by atoms with van der Waals surface area (Å²) in [5.41, 5.74) is 5.38. The summed E-state index contributed by atoms with van der Waals surface area (Å²) in [5.74, 6) is -0.705. The molecule has 0 aliphatic carbocycles. The molecule has 2 aliphatic rings. The number of nitrogens with one attached hydrogen (secondary N) is 1. The van der Waals surface area contributed by atoms with E-state index in [2.05, 4.69) is 10.5 Å². The van der Waals surface area contributed by atoms with Gasteiger partial charge >= 0.3 is 5.97 Å². The Hall–Kier alpha value is -3.06. The number of carbonyl (C=O) groups excluding carboxylic acids is 2. The number of esters is 1. The molecule has 0 fully saturated rings. The molecular formula is C20H19N3O4. The highest BCUT2D eigenvalue weighted by atomic mass is 16.5. The maximum Gasteiger partial charge on any atom is 0.319 e. The molecule has 0 radical (unpaired) electrons. The van der Waals surface area contributed by atoms with Gasteiger partial charge in [0.25, 0.3) is 5.91 Å². The lowest BCUT2D eigenvalue weighted by atomic mass is 9.86. The molecule has 7 heteroatoms. The minimum Gasteiger partial charge on any atom is -0.468 e. The fraction of sp³-hybridized carbons (Fsp3) is 0.300. The summed E-state index contributed by atoms with van der Waals surface area (Å²) in [4.78, 5) is 37.1. The Bertz CT molecular complexity index is 927. The van der Waals surface area contributed by atoms with E-state index in [4.69, 9.17) is 4.74 Å². The molecule has 7 nitrogen and oxygen atoms in total. The summed E-state index contributed by atoms with van der Waals surface area (Å²) in [5, 5.41) is 5.84. The van der Waals surface area contributed by atoms with Crippen molar-refractivity contribution in [3.05, 3.63) is 58.0 Å². The Balaban J connectivity index is 1.84. The Morgan fingerprint density at radius 3 is 2.78 bits per heavy atom. The monoisotopic (exact) mass is 365 g/mol. The van der Waals surface area contributed by atoms with Crippen molar-refractivity contribution in [1.29, 1.82) is 0 Å². The molecule has 138 valence electrons. The topological polar surface area (TPSA) is 88.1 Å². The van der Waals surface area contributed by atoms with E-state index in [1.54, 1.807) is 0 Å². The zero-order valence-electron chi connectivity index (χ0n) is 14.9. The first kappa shape index (κ1) is 17.4. The third-order valence-electron chi connectivity index (χ3n) is 5.20. The van der Waals surface area contributed by atoms with Crippen molar-refractivity contribution in [3.63, 3.8) is 0 Å². The van der Waals surface area contributed by atoms with Crippen LogP contribution in [-0.4, -0.2) is 37.0 Å². The van der Waals surface area contributed by atoms with E-state index < -0.39 is 11.9 Å². The molecule has 1 amide bonds.